The van der Waals surface area contributed by atoms with Gasteiger partial charge in [0.2, 0.25) is 0 Å². The number of fused-ring (bicyclic) bond motifs is 3. The van der Waals surface area contributed by atoms with E-state index in [2.05, 4.69) is 133 Å². The molecule has 7 aromatic rings. The van der Waals surface area contributed by atoms with Crippen molar-refractivity contribution in [3.8, 4) is 72.8 Å². The Morgan fingerprint density at radius 2 is 0.786 bits per heavy atom. The minimum absolute atomic E-state index is 0.676. The van der Waals surface area contributed by atoms with Crippen molar-refractivity contribution in [2.45, 2.75) is 0 Å². The lowest BCUT2D eigenvalue weighted by Gasteiger charge is -2.15. The average molecular weight is 532 g/mol. The molecular formula is C41H25N. The van der Waals surface area contributed by atoms with Crippen LogP contribution in [0, 0.1) is 11.3 Å². The molecule has 0 N–H and O–H groups in total. The Kier molecular flexibility index (Phi) is 5.59. The minimum Gasteiger partial charge on any atom is -0.192 e. The predicted octanol–water partition coefficient (Wildman–Crippen LogP) is 11.0. The molecule has 0 bridgehead atoms. The van der Waals surface area contributed by atoms with Crippen LogP contribution < -0.4 is 0 Å². The largest absolute Gasteiger partial charge is 0.192 e. The molecule has 0 aliphatic heterocycles. The first-order valence-electron chi connectivity index (χ1n) is 14.3. The summed E-state index contributed by atoms with van der Waals surface area (Å²) in [6, 6.07) is 56.2. The van der Waals surface area contributed by atoms with Gasteiger partial charge in [-0.3, -0.25) is 0 Å². The summed E-state index contributed by atoms with van der Waals surface area (Å²) < 4.78 is 0. The fraction of sp³-hybridized carbons (Fsp3) is 0. The monoisotopic (exact) mass is 531 g/mol. The molecule has 1 aliphatic rings. The summed E-state index contributed by atoms with van der Waals surface area (Å²) in [4.78, 5) is 0. The van der Waals surface area contributed by atoms with E-state index >= 15 is 0 Å². The molecule has 42 heavy (non-hydrogen) atoms. The molecule has 8 rings (SSSR count). The van der Waals surface area contributed by atoms with E-state index in [0.29, 0.717) is 5.56 Å². The van der Waals surface area contributed by atoms with E-state index in [4.69, 9.17) is 5.26 Å². The highest BCUT2D eigenvalue weighted by atomic mass is 14.3. The zero-order chi connectivity index (χ0) is 28.0. The summed E-state index contributed by atoms with van der Waals surface area (Å²) in [6.45, 7) is 0. The van der Waals surface area contributed by atoms with Crippen LogP contribution in [0.25, 0.3) is 77.5 Å². The lowest BCUT2D eigenvalue weighted by atomic mass is 9.88. The highest BCUT2D eigenvalue weighted by molar-refractivity contribution is 6.23. The number of hydrogen-bond acceptors (Lipinski definition) is 1. The predicted molar refractivity (Wildman–Crippen MR) is 175 cm³/mol. The molecule has 0 saturated carbocycles. The van der Waals surface area contributed by atoms with Gasteiger partial charge in [0.05, 0.1) is 11.6 Å². The van der Waals surface area contributed by atoms with E-state index in [9.17, 15) is 0 Å². The Labute approximate surface area is 245 Å². The second-order valence-corrected chi connectivity index (χ2v) is 10.8. The number of hydrogen-bond donors (Lipinski definition) is 0. The van der Waals surface area contributed by atoms with Crippen molar-refractivity contribution in [3.63, 3.8) is 0 Å². The highest BCUT2D eigenvalue weighted by Gasteiger charge is 2.28. The number of nitriles is 1. The van der Waals surface area contributed by atoms with Crippen LogP contribution in [0.5, 0.6) is 0 Å². The van der Waals surface area contributed by atoms with Crippen molar-refractivity contribution >= 4 is 10.8 Å². The minimum atomic E-state index is 0.676. The first-order valence-corrected chi connectivity index (χ1v) is 14.3. The maximum absolute atomic E-state index is 9.15. The Bertz CT molecular complexity index is 2080. The molecule has 0 heterocycles. The van der Waals surface area contributed by atoms with Gasteiger partial charge in [-0.1, -0.05) is 140 Å². The van der Waals surface area contributed by atoms with Crippen molar-refractivity contribution < 1.29 is 0 Å². The van der Waals surface area contributed by atoms with Crippen LogP contribution in [0.3, 0.4) is 0 Å². The van der Waals surface area contributed by atoms with Crippen LogP contribution in [0.1, 0.15) is 5.56 Å². The SMILES string of the molecule is N#Cc1ccc(-c2ccc(-c3ccc4c5c(cccc35)-c3c(-c5ccccc5)ccc(-c5ccccc5)c3-4)cc2)cc1. The summed E-state index contributed by atoms with van der Waals surface area (Å²) in [5.41, 5.74) is 15.6. The van der Waals surface area contributed by atoms with Crippen molar-refractivity contribution in [2.24, 2.45) is 0 Å². The molecule has 7 aromatic carbocycles. The highest BCUT2D eigenvalue weighted by Crippen LogP contribution is 2.55. The Hall–Kier alpha value is -5.71. The van der Waals surface area contributed by atoms with Gasteiger partial charge in [-0.15, -0.1) is 0 Å². The zero-order valence-electron chi connectivity index (χ0n) is 22.9. The standard InChI is InChI=1S/C41H25N/c42-26-27-14-16-28(17-15-27)29-18-20-32(21-19-29)33-22-25-38-39-36(33)12-7-13-37(39)40-34(30-8-3-1-4-9-30)23-24-35(41(38)40)31-10-5-2-6-11-31/h1-25H. The molecule has 1 aliphatic carbocycles. The van der Waals surface area contributed by atoms with Gasteiger partial charge in [0.15, 0.2) is 0 Å². The topological polar surface area (TPSA) is 23.8 Å². The van der Waals surface area contributed by atoms with Crippen molar-refractivity contribution in [1.29, 1.82) is 5.26 Å². The van der Waals surface area contributed by atoms with Crippen LogP contribution in [-0.2, 0) is 0 Å². The summed E-state index contributed by atoms with van der Waals surface area (Å²) in [5.74, 6) is 0. The van der Waals surface area contributed by atoms with Crippen LogP contribution in [0.2, 0.25) is 0 Å². The van der Waals surface area contributed by atoms with Gasteiger partial charge >= 0.3 is 0 Å². The van der Waals surface area contributed by atoms with E-state index in [1.165, 1.54) is 66.4 Å². The summed E-state index contributed by atoms with van der Waals surface area (Å²) in [6.07, 6.45) is 0. The number of rotatable bonds is 4. The van der Waals surface area contributed by atoms with Gasteiger partial charge in [-0.2, -0.15) is 5.26 Å². The van der Waals surface area contributed by atoms with Crippen LogP contribution >= 0.6 is 0 Å². The zero-order valence-corrected chi connectivity index (χ0v) is 22.9. The average Bonchev–Trinajstić information content (AvgIpc) is 3.41. The maximum Gasteiger partial charge on any atom is 0.0991 e. The van der Waals surface area contributed by atoms with Crippen LogP contribution in [0.4, 0.5) is 0 Å². The number of benzene rings is 7. The molecule has 1 heteroatoms. The van der Waals surface area contributed by atoms with Crippen molar-refractivity contribution in [2.75, 3.05) is 0 Å². The second-order valence-electron chi connectivity index (χ2n) is 10.8. The third kappa shape index (κ3) is 3.78. The molecule has 0 amide bonds. The normalized spacial score (nSPS) is 11.3. The Balaban J connectivity index is 1.32. The first kappa shape index (κ1) is 24.1. The Morgan fingerprint density at radius 1 is 0.333 bits per heavy atom. The van der Waals surface area contributed by atoms with E-state index in [0.717, 1.165) is 11.1 Å². The molecule has 0 fully saturated rings. The van der Waals surface area contributed by atoms with Crippen LogP contribution in [0.15, 0.2) is 152 Å². The van der Waals surface area contributed by atoms with Gasteiger partial charge in [0.25, 0.3) is 0 Å². The van der Waals surface area contributed by atoms with Gasteiger partial charge < -0.3 is 0 Å². The molecule has 0 atom stereocenters. The smallest absolute Gasteiger partial charge is 0.0991 e. The third-order valence-electron chi connectivity index (χ3n) is 8.50. The molecule has 0 spiro atoms. The molecular weight excluding hydrogens is 506 g/mol. The summed E-state index contributed by atoms with van der Waals surface area (Å²) in [7, 11) is 0. The van der Waals surface area contributed by atoms with Gasteiger partial charge in [0, 0.05) is 0 Å². The quantitative estimate of drug-likeness (QED) is 0.222. The fourth-order valence-electron chi connectivity index (χ4n) is 6.53. The molecule has 194 valence electrons. The van der Waals surface area contributed by atoms with Crippen molar-refractivity contribution in [1.82, 2.24) is 0 Å². The third-order valence-corrected chi connectivity index (χ3v) is 8.50. The van der Waals surface area contributed by atoms with Gasteiger partial charge in [0.1, 0.15) is 0 Å². The molecule has 0 aromatic heterocycles. The first-order chi connectivity index (χ1) is 20.8. The lowest BCUT2D eigenvalue weighted by Crippen LogP contribution is -1.89. The van der Waals surface area contributed by atoms with E-state index in [-0.39, 0.29) is 0 Å². The molecule has 0 saturated heterocycles. The van der Waals surface area contributed by atoms with Gasteiger partial charge in [-0.05, 0) is 89.7 Å². The van der Waals surface area contributed by atoms with Crippen molar-refractivity contribution in [3.05, 3.63) is 157 Å². The fourth-order valence-corrected chi connectivity index (χ4v) is 6.53. The Morgan fingerprint density at radius 3 is 1.36 bits per heavy atom. The molecule has 0 radical (unpaired) electrons. The second kappa shape index (κ2) is 9.73. The number of nitrogens with zero attached hydrogens (tertiary/aromatic N) is 1. The maximum atomic E-state index is 9.15. The summed E-state index contributed by atoms with van der Waals surface area (Å²) in [5, 5.41) is 11.7. The molecule has 1 nitrogen and oxygen atoms in total. The summed E-state index contributed by atoms with van der Waals surface area (Å²) >= 11 is 0. The van der Waals surface area contributed by atoms with Gasteiger partial charge in [-0.25, -0.2) is 0 Å². The van der Waals surface area contributed by atoms with E-state index in [1.807, 2.05) is 24.3 Å². The van der Waals surface area contributed by atoms with E-state index < -0.39 is 0 Å². The van der Waals surface area contributed by atoms with E-state index in [1.54, 1.807) is 0 Å². The van der Waals surface area contributed by atoms with Crippen LogP contribution in [-0.4, -0.2) is 0 Å². The lowest BCUT2D eigenvalue weighted by molar-refractivity contribution is 1.48. The molecule has 0 unspecified atom stereocenters.